The van der Waals surface area contributed by atoms with Crippen LogP contribution in [0.25, 0.3) is 0 Å². The number of hydrogen-bond donors (Lipinski definition) is 1. The average Bonchev–Trinajstić information content (AvgIpc) is 2.15. The van der Waals surface area contributed by atoms with Gasteiger partial charge < -0.3 is 0 Å². The molecule has 1 rings (SSSR count). The molecule has 1 atom stereocenters. The lowest BCUT2D eigenvalue weighted by molar-refractivity contribution is -0.592. The van der Waals surface area contributed by atoms with Crippen molar-refractivity contribution < 1.29 is 4.70 Å². The molecule has 1 heterocycles. The normalized spacial score (nSPS) is 24.0. The van der Waals surface area contributed by atoms with Crippen molar-refractivity contribution in [1.82, 2.24) is 0 Å². The molecule has 0 N–H and O–H groups in total. The summed E-state index contributed by atoms with van der Waals surface area (Å²) in [7, 11) is 0. The van der Waals surface area contributed by atoms with Crippen LogP contribution >= 0.6 is 12.6 Å². The Morgan fingerprint density at radius 1 is 1.70 bits per heavy atom. The van der Waals surface area contributed by atoms with Gasteiger partial charge >= 0.3 is 0 Å². The van der Waals surface area contributed by atoms with Crippen molar-refractivity contribution in [3.63, 3.8) is 0 Å². The Hall–Kier alpha value is -0.380. The van der Waals surface area contributed by atoms with E-state index in [1.165, 1.54) is 0 Å². The summed E-state index contributed by atoms with van der Waals surface area (Å²) in [6.45, 7) is 5.22. The molecule has 0 aliphatic carbocycles. The maximum Gasteiger partial charge on any atom is 0.221 e. The minimum Gasteiger partial charge on any atom is -0.144 e. The fraction of sp³-hybridized carbons (Fsp3) is 0.833. The van der Waals surface area contributed by atoms with Crippen molar-refractivity contribution >= 4 is 18.8 Å². The molecule has 3 nitrogen and oxygen atoms in total. The Balaban J connectivity index is 2.44. The highest BCUT2D eigenvalue weighted by Crippen LogP contribution is 2.05. The highest BCUT2D eigenvalue weighted by Gasteiger charge is 2.20. The first-order valence-electron chi connectivity index (χ1n) is 3.39. The van der Waals surface area contributed by atoms with Gasteiger partial charge in [-0.2, -0.15) is 0 Å². The summed E-state index contributed by atoms with van der Waals surface area (Å²) in [5.74, 6) is 0.611. The summed E-state index contributed by atoms with van der Waals surface area (Å²) < 4.78 is 1.87. The molecule has 1 unspecified atom stereocenters. The maximum absolute atomic E-state index is 4.24. The van der Waals surface area contributed by atoms with E-state index in [4.69, 9.17) is 0 Å². The smallest absolute Gasteiger partial charge is 0.144 e. The molecule has 0 radical (unpaired) electrons. The Kier molecular flexibility index (Phi) is 2.43. The second kappa shape index (κ2) is 3.14. The average molecular weight is 158 g/mol. The van der Waals surface area contributed by atoms with E-state index >= 15 is 0 Å². The third-order valence-electron chi connectivity index (χ3n) is 1.22. The van der Waals surface area contributed by atoms with Crippen LogP contribution in [-0.2, 0) is 0 Å². The van der Waals surface area contributed by atoms with Crippen LogP contribution in [0.1, 0.15) is 13.8 Å². The second-order valence-electron chi connectivity index (χ2n) is 2.78. The largest absolute Gasteiger partial charge is 0.221 e. The predicted molar refractivity (Wildman–Crippen MR) is 43.7 cm³/mol. The molecule has 0 bridgehead atoms. The van der Waals surface area contributed by atoms with Crippen LogP contribution < -0.4 is 0 Å². The van der Waals surface area contributed by atoms with Gasteiger partial charge in [0.25, 0.3) is 0 Å². The van der Waals surface area contributed by atoms with Gasteiger partial charge in [-0.3, -0.25) is 0 Å². The topological polar surface area (TPSA) is 27.7 Å². The molecule has 56 valence electrons. The monoisotopic (exact) mass is 158 g/mol. The number of hydrogen-bond acceptors (Lipinski definition) is 3. The molecular weight excluding hydrogens is 146 g/mol. The van der Waals surface area contributed by atoms with Gasteiger partial charge in [0, 0.05) is 0 Å². The van der Waals surface area contributed by atoms with Gasteiger partial charge in [-0.15, -0.1) is 17.3 Å². The third-order valence-corrected chi connectivity index (χ3v) is 1.62. The van der Waals surface area contributed by atoms with Crippen molar-refractivity contribution in [3.05, 3.63) is 0 Å². The number of rotatable bonds is 2. The van der Waals surface area contributed by atoms with Crippen molar-refractivity contribution in [3.8, 4) is 0 Å². The molecule has 0 spiro atoms. The number of nitrogens with zero attached hydrogens (tertiary/aromatic N) is 3. The summed E-state index contributed by atoms with van der Waals surface area (Å²) >= 11 is 4.24. The summed E-state index contributed by atoms with van der Waals surface area (Å²) in [5, 5.41) is 7.72. The summed E-state index contributed by atoms with van der Waals surface area (Å²) in [5.41, 5.74) is 0. The van der Waals surface area contributed by atoms with Crippen LogP contribution in [0.15, 0.2) is 10.3 Å². The van der Waals surface area contributed by atoms with Gasteiger partial charge in [0.1, 0.15) is 11.8 Å². The van der Waals surface area contributed by atoms with E-state index in [1.54, 1.807) is 6.21 Å². The zero-order valence-electron chi connectivity index (χ0n) is 6.23. The summed E-state index contributed by atoms with van der Waals surface area (Å²) in [4.78, 5) is 0. The molecule has 0 aromatic rings. The summed E-state index contributed by atoms with van der Waals surface area (Å²) in [6, 6.07) is 0. The molecule has 4 heteroatoms. The first-order chi connectivity index (χ1) is 4.70. The Morgan fingerprint density at radius 2 is 2.40 bits per heavy atom. The first kappa shape index (κ1) is 7.72. The Bertz CT molecular complexity index is 174. The molecular formula is C6H12N3S+. The summed E-state index contributed by atoms with van der Waals surface area (Å²) in [6.07, 6.45) is 1.73. The Morgan fingerprint density at radius 3 is 2.80 bits per heavy atom. The molecule has 10 heavy (non-hydrogen) atoms. The van der Waals surface area contributed by atoms with Crippen molar-refractivity contribution in [2.75, 3.05) is 6.54 Å². The highest BCUT2D eigenvalue weighted by molar-refractivity contribution is 7.81. The van der Waals surface area contributed by atoms with Crippen molar-refractivity contribution in [2.24, 2.45) is 16.2 Å². The van der Waals surface area contributed by atoms with Crippen LogP contribution in [0.5, 0.6) is 0 Å². The molecule has 0 aromatic carbocycles. The van der Waals surface area contributed by atoms with E-state index in [2.05, 4.69) is 36.8 Å². The zero-order valence-corrected chi connectivity index (χ0v) is 7.12. The van der Waals surface area contributed by atoms with Crippen LogP contribution in [-0.4, -0.2) is 22.8 Å². The molecule has 1 aliphatic rings. The molecule has 0 fully saturated rings. The lowest BCUT2D eigenvalue weighted by atomic mass is 10.2. The minimum atomic E-state index is 0.0856. The number of thiol groups is 1. The SMILES string of the molecule is CC(C)C[N+]1=NN=CC1S. The van der Waals surface area contributed by atoms with E-state index in [0.29, 0.717) is 5.92 Å². The molecule has 0 saturated heterocycles. The fourth-order valence-corrected chi connectivity index (χ4v) is 1.00. The second-order valence-corrected chi connectivity index (χ2v) is 3.31. The zero-order chi connectivity index (χ0) is 7.56. The molecule has 1 aliphatic heterocycles. The van der Waals surface area contributed by atoms with Gasteiger partial charge in [-0.25, -0.2) is 0 Å². The molecule has 0 aromatic heterocycles. The third kappa shape index (κ3) is 1.80. The van der Waals surface area contributed by atoms with Gasteiger partial charge in [0.15, 0.2) is 0 Å². The Labute approximate surface area is 66.2 Å². The maximum atomic E-state index is 4.24. The molecule has 0 saturated carbocycles. The van der Waals surface area contributed by atoms with Gasteiger partial charge in [-0.1, -0.05) is 13.8 Å². The van der Waals surface area contributed by atoms with Crippen molar-refractivity contribution in [1.29, 1.82) is 0 Å². The van der Waals surface area contributed by atoms with Crippen molar-refractivity contribution in [2.45, 2.75) is 19.2 Å². The van der Waals surface area contributed by atoms with Gasteiger partial charge in [0.2, 0.25) is 11.6 Å². The van der Waals surface area contributed by atoms with E-state index in [0.717, 1.165) is 6.54 Å². The molecule has 0 amide bonds. The quantitative estimate of drug-likeness (QED) is 0.464. The highest BCUT2D eigenvalue weighted by atomic mass is 32.1. The van der Waals surface area contributed by atoms with Crippen LogP contribution in [0.3, 0.4) is 0 Å². The first-order valence-corrected chi connectivity index (χ1v) is 3.90. The minimum absolute atomic E-state index is 0.0856. The fourth-order valence-electron chi connectivity index (χ4n) is 0.804. The van der Waals surface area contributed by atoms with E-state index in [9.17, 15) is 0 Å². The van der Waals surface area contributed by atoms with E-state index < -0.39 is 0 Å². The van der Waals surface area contributed by atoms with E-state index in [-0.39, 0.29) is 5.37 Å². The van der Waals surface area contributed by atoms with Crippen LogP contribution in [0.4, 0.5) is 0 Å². The van der Waals surface area contributed by atoms with Gasteiger partial charge in [-0.05, 0) is 5.92 Å². The predicted octanol–water partition coefficient (Wildman–Crippen LogP) is 1.36. The lowest BCUT2D eigenvalue weighted by Gasteiger charge is -2.03. The van der Waals surface area contributed by atoms with Gasteiger partial charge in [0.05, 0.1) is 5.10 Å². The van der Waals surface area contributed by atoms with Crippen LogP contribution in [0, 0.1) is 5.92 Å². The van der Waals surface area contributed by atoms with E-state index in [1.807, 2.05) is 4.70 Å². The lowest BCUT2D eigenvalue weighted by Crippen LogP contribution is -2.21. The standard InChI is InChI=1S/C6H11N3S/c1-5(2)4-9-6(10)3-7-8-9/h3,5-6H,4H2,1-2H3/p+1. The van der Waals surface area contributed by atoms with Crippen LogP contribution in [0.2, 0.25) is 0 Å².